The Labute approximate surface area is 344 Å². The second-order valence-corrected chi connectivity index (χ2v) is 19.5. The highest BCUT2D eigenvalue weighted by Crippen LogP contribution is 2.54. The molecule has 1 N–H and O–H groups in total. The second kappa shape index (κ2) is 15.4. The summed E-state index contributed by atoms with van der Waals surface area (Å²) in [6.07, 6.45) is -1.39. The topological polar surface area (TPSA) is 76.6 Å². The summed E-state index contributed by atoms with van der Waals surface area (Å²) in [5.41, 5.74) is 9.49. The van der Waals surface area contributed by atoms with Crippen LogP contribution in [0.15, 0.2) is 66.7 Å². The van der Waals surface area contributed by atoms with Gasteiger partial charge in [-0.15, -0.1) is 0 Å². The van der Waals surface area contributed by atoms with Gasteiger partial charge in [-0.25, -0.2) is 19.4 Å². The van der Waals surface area contributed by atoms with E-state index in [0.717, 1.165) is 52.4 Å². The van der Waals surface area contributed by atoms with Gasteiger partial charge in [0.05, 0.1) is 22.7 Å². The molecule has 6 rings (SSSR count). The number of carbonyl (C=O) groups excluding carboxylic acids is 1. The number of carbonyl (C=O) groups is 2. The smallest absolute Gasteiger partial charge is 0.419 e. The van der Waals surface area contributed by atoms with Crippen molar-refractivity contribution >= 4 is 58.1 Å². The SMILES string of the molecule is CN(C)Cc1ccc2c(c1)C(C)(C)c1ccc(Cl)cc1N2C(=O)OC(C)(C)C.CN(C)Cc1ccc2c(c1C(C)(C)C)C(C)(C)c1ccc(Cl)cc1N2C(=O)O. The minimum atomic E-state index is -1.000. The molecule has 2 amide bonds. The highest BCUT2D eigenvalue weighted by atomic mass is 35.5. The van der Waals surface area contributed by atoms with Crippen LogP contribution in [0, 0.1) is 0 Å². The fourth-order valence-electron chi connectivity index (χ4n) is 8.21. The van der Waals surface area contributed by atoms with Crippen LogP contribution < -0.4 is 9.80 Å². The molecule has 4 aromatic carbocycles. The molecular weight excluding hydrogens is 743 g/mol. The zero-order chi connectivity index (χ0) is 41.9. The van der Waals surface area contributed by atoms with Crippen molar-refractivity contribution in [2.75, 3.05) is 38.0 Å². The van der Waals surface area contributed by atoms with Gasteiger partial charge in [-0.2, -0.15) is 0 Å². The van der Waals surface area contributed by atoms with Crippen molar-refractivity contribution in [3.63, 3.8) is 0 Å². The number of halogens is 2. The molecule has 0 aromatic heterocycles. The minimum Gasteiger partial charge on any atom is -0.464 e. The number of hydrogen-bond acceptors (Lipinski definition) is 5. The van der Waals surface area contributed by atoms with Gasteiger partial charge in [0.1, 0.15) is 5.60 Å². The van der Waals surface area contributed by atoms with Crippen LogP contribution >= 0.6 is 23.2 Å². The maximum atomic E-state index is 13.2. The highest BCUT2D eigenvalue weighted by Gasteiger charge is 2.43. The van der Waals surface area contributed by atoms with Gasteiger partial charge >= 0.3 is 12.2 Å². The molecule has 2 heterocycles. The molecule has 2 aliphatic heterocycles. The predicted molar refractivity (Wildman–Crippen MR) is 232 cm³/mol. The average molecular weight is 802 g/mol. The fourth-order valence-corrected chi connectivity index (χ4v) is 8.54. The Bertz CT molecular complexity index is 2160. The summed E-state index contributed by atoms with van der Waals surface area (Å²) in [6.45, 7) is 22.6. The number of ether oxygens (including phenoxy) is 1. The summed E-state index contributed by atoms with van der Waals surface area (Å²) in [6, 6.07) is 21.6. The van der Waals surface area contributed by atoms with Crippen LogP contribution in [-0.2, 0) is 34.1 Å². The van der Waals surface area contributed by atoms with Crippen molar-refractivity contribution in [3.05, 3.63) is 116 Å². The zero-order valence-electron chi connectivity index (χ0n) is 35.5. The average Bonchev–Trinajstić information content (AvgIpc) is 3.03. The summed E-state index contributed by atoms with van der Waals surface area (Å²) in [5.74, 6) is 0. The molecule has 2 aliphatic rings. The van der Waals surface area contributed by atoms with E-state index in [2.05, 4.69) is 105 Å². The van der Waals surface area contributed by atoms with E-state index in [0.29, 0.717) is 15.7 Å². The molecule has 10 heteroatoms. The Morgan fingerprint density at radius 1 is 0.661 bits per heavy atom. The van der Waals surface area contributed by atoms with E-state index in [1.54, 1.807) is 11.0 Å². The third kappa shape index (κ3) is 8.45. The zero-order valence-corrected chi connectivity index (χ0v) is 37.0. The van der Waals surface area contributed by atoms with E-state index < -0.39 is 17.8 Å². The number of nitrogens with zero attached hydrogens (tertiary/aromatic N) is 4. The van der Waals surface area contributed by atoms with Crippen LogP contribution in [-0.4, -0.2) is 60.9 Å². The van der Waals surface area contributed by atoms with Gasteiger partial charge in [-0.05, 0) is 130 Å². The molecule has 0 unspecified atom stereocenters. The molecule has 0 aliphatic carbocycles. The molecule has 0 atom stereocenters. The van der Waals surface area contributed by atoms with Gasteiger partial charge in [0.2, 0.25) is 0 Å². The monoisotopic (exact) mass is 800 g/mol. The third-order valence-electron chi connectivity index (χ3n) is 10.4. The summed E-state index contributed by atoms with van der Waals surface area (Å²) in [4.78, 5) is 32.8. The number of amides is 2. The van der Waals surface area contributed by atoms with Crippen molar-refractivity contribution in [1.29, 1.82) is 0 Å². The standard InChI is InChI=1S/2C23H29ClN2O2/c1-22(2,3)28-21(27)26-19-11-8-15(14-25(6)7)12-18(19)23(4,5)17-10-9-16(24)13-20(17)26;1-22(2,3)19-14(13-25(6)7)8-11-17-20(19)23(4,5)16-10-9-15(24)12-18(16)26(17)21(27)28/h8-13H,14H2,1-7H3;8-12H,13H2,1-7H3,(H,27,28). The largest absolute Gasteiger partial charge is 0.464 e. The number of benzene rings is 4. The van der Waals surface area contributed by atoms with Gasteiger partial charge in [0.25, 0.3) is 0 Å². The van der Waals surface area contributed by atoms with Gasteiger partial charge in [-0.1, -0.05) is 102 Å². The number of hydrogen-bond donors (Lipinski definition) is 1. The first kappa shape index (κ1) is 43.1. The van der Waals surface area contributed by atoms with Crippen molar-refractivity contribution < 1.29 is 19.4 Å². The van der Waals surface area contributed by atoms with E-state index >= 15 is 0 Å². The summed E-state index contributed by atoms with van der Waals surface area (Å²) >= 11 is 12.5. The molecule has 0 bridgehead atoms. The second-order valence-electron chi connectivity index (χ2n) is 18.6. The summed E-state index contributed by atoms with van der Waals surface area (Å²) < 4.78 is 5.73. The van der Waals surface area contributed by atoms with E-state index in [4.69, 9.17) is 27.9 Å². The van der Waals surface area contributed by atoms with Crippen molar-refractivity contribution in [3.8, 4) is 0 Å². The van der Waals surface area contributed by atoms with E-state index in [1.807, 2.05) is 63.2 Å². The van der Waals surface area contributed by atoms with E-state index in [-0.39, 0.29) is 16.2 Å². The van der Waals surface area contributed by atoms with Crippen molar-refractivity contribution in [1.82, 2.24) is 9.80 Å². The summed E-state index contributed by atoms with van der Waals surface area (Å²) in [7, 11) is 8.21. The Morgan fingerprint density at radius 3 is 1.68 bits per heavy atom. The lowest BCUT2D eigenvalue weighted by Gasteiger charge is -2.44. The first-order chi connectivity index (χ1) is 25.7. The number of rotatable bonds is 4. The fraction of sp³-hybridized carbons (Fsp3) is 0.435. The maximum absolute atomic E-state index is 13.2. The molecule has 0 spiro atoms. The molecule has 0 saturated carbocycles. The van der Waals surface area contributed by atoms with Crippen LogP contribution in [0.1, 0.15) is 108 Å². The predicted octanol–water partition coefficient (Wildman–Crippen LogP) is 12.3. The van der Waals surface area contributed by atoms with Gasteiger partial charge < -0.3 is 19.6 Å². The van der Waals surface area contributed by atoms with Crippen LogP contribution in [0.5, 0.6) is 0 Å². The molecule has 4 aromatic rings. The van der Waals surface area contributed by atoms with E-state index in [9.17, 15) is 14.7 Å². The molecule has 0 saturated heterocycles. The first-order valence-electron chi connectivity index (χ1n) is 19.0. The van der Waals surface area contributed by atoms with Crippen LogP contribution in [0.3, 0.4) is 0 Å². The maximum Gasteiger partial charge on any atom is 0.419 e. The van der Waals surface area contributed by atoms with Crippen molar-refractivity contribution in [2.24, 2.45) is 0 Å². The van der Waals surface area contributed by atoms with Gasteiger partial charge in [0.15, 0.2) is 0 Å². The van der Waals surface area contributed by atoms with Gasteiger partial charge in [-0.3, -0.25) is 0 Å². The molecule has 0 radical (unpaired) electrons. The lowest BCUT2D eigenvalue weighted by molar-refractivity contribution is 0.0597. The highest BCUT2D eigenvalue weighted by molar-refractivity contribution is 6.31. The van der Waals surface area contributed by atoms with Crippen LogP contribution in [0.2, 0.25) is 10.0 Å². The van der Waals surface area contributed by atoms with Gasteiger partial charge in [0, 0.05) is 34.0 Å². The van der Waals surface area contributed by atoms with Crippen molar-refractivity contribution in [2.45, 2.75) is 104 Å². The number of fused-ring (bicyclic) bond motifs is 4. The Hall–Kier alpha value is -4.08. The lowest BCUT2D eigenvalue weighted by atomic mass is 9.66. The van der Waals surface area contributed by atoms with Crippen LogP contribution in [0.25, 0.3) is 0 Å². The van der Waals surface area contributed by atoms with E-state index in [1.165, 1.54) is 21.6 Å². The Morgan fingerprint density at radius 2 is 1.18 bits per heavy atom. The number of anilines is 4. The Balaban J connectivity index is 0.000000214. The number of carboxylic acid groups (broad SMARTS) is 1. The first-order valence-corrected chi connectivity index (χ1v) is 19.8. The molecule has 0 fully saturated rings. The quantitative estimate of drug-likeness (QED) is 0.221. The molecular formula is C46H58Cl2N4O4. The molecule has 8 nitrogen and oxygen atoms in total. The minimum absolute atomic E-state index is 0.137. The normalized spacial score (nSPS) is 15.3. The molecule has 56 heavy (non-hydrogen) atoms. The lowest BCUT2D eigenvalue weighted by Crippen LogP contribution is -2.39. The molecule has 300 valence electrons. The Kier molecular flexibility index (Phi) is 11.8. The third-order valence-corrected chi connectivity index (χ3v) is 10.8. The van der Waals surface area contributed by atoms with Crippen LogP contribution in [0.4, 0.5) is 32.3 Å². The summed E-state index contributed by atoms with van der Waals surface area (Å²) in [5, 5.41) is 11.2.